The van der Waals surface area contributed by atoms with Gasteiger partial charge < -0.3 is 9.11 Å². The molecule has 0 aliphatic heterocycles. The minimum Gasteiger partial charge on any atom is -0.750 e. The maximum atomic E-state index is 8.56. The van der Waals surface area contributed by atoms with E-state index < -0.39 is 11.4 Å². The van der Waals surface area contributed by atoms with E-state index in [0.717, 1.165) is 5.92 Å². The molecule has 10 heavy (non-hydrogen) atoms. The molecule has 1 aliphatic rings. The smallest absolute Gasteiger partial charge is 0.0814 e. The van der Waals surface area contributed by atoms with Crippen LogP contribution in [0.5, 0.6) is 0 Å². The summed E-state index contributed by atoms with van der Waals surface area (Å²) in [5.74, 6) is 0.998. The van der Waals surface area contributed by atoms with Crippen LogP contribution in [0.25, 0.3) is 0 Å². The lowest BCUT2D eigenvalue weighted by Crippen LogP contribution is -1.82. The van der Waals surface area contributed by atoms with Gasteiger partial charge >= 0.3 is 0 Å². The standard InChI is InChI=1S/C6H12.H2O3S/c1-5-4-6(5,2)3;1-4(2)3/h5H,4H2,1-3H3;(H2,1,2,3)/p-1. The first-order valence-electron chi connectivity index (χ1n) is 3.14. The fraction of sp³-hybridized carbons (Fsp3) is 1.00. The second kappa shape index (κ2) is 3.46. The van der Waals surface area contributed by atoms with E-state index in [1.807, 2.05) is 0 Å². The maximum absolute atomic E-state index is 8.56. The highest BCUT2D eigenvalue weighted by atomic mass is 32.2. The number of hydrogen-bond acceptors (Lipinski definition) is 2. The van der Waals surface area contributed by atoms with Crippen LogP contribution in [-0.4, -0.2) is 13.3 Å². The Kier molecular flexibility index (Phi) is 3.48. The molecular formula is C6H13O3S-. The van der Waals surface area contributed by atoms with E-state index in [9.17, 15) is 0 Å². The molecule has 3 nitrogen and oxygen atoms in total. The molecule has 0 saturated heterocycles. The Morgan fingerprint density at radius 1 is 1.70 bits per heavy atom. The number of rotatable bonds is 0. The molecule has 0 amide bonds. The molecule has 1 aliphatic carbocycles. The molecule has 4 heteroatoms. The fourth-order valence-corrected chi connectivity index (χ4v) is 0.730. The van der Waals surface area contributed by atoms with Crippen molar-refractivity contribution in [2.24, 2.45) is 11.3 Å². The zero-order chi connectivity index (χ0) is 8.36. The Labute approximate surface area is 63.9 Å². The van der Waals surface area contributed by atoms with Gasteiger partial charge in [0.1, 0.15) is 0 Å². The van der Waals surface area contributed by atoms with Crippen molar-refractivity contribution in [2.75, 3.05) is 0 Å². The van der Waals surface area contributed by atoms with Gasteiger partial charge in [-0.15, -0.1) is 0 Å². The van der Waals surface area contributed by atoms with Crippen molar-refractivity contribution >= 4 is 11.4 Å². The predicted octanol–water partition coefficient (Wildman–Crippen LogP) is 1.39. The normalized spacial score (nSPS) is 29.9. The lowest BCUT2D eigenvalue weighted by molar-refractivity contribution is 0.436. The van der Waals surface area contributed by atoms with Crippen molar-refractivity contribution in [1.29, 1.82) is 0 Å². The van der Waals surface area contributed by atoms with Crippen molar-refractivity contribution in [3.8, 4) is 0 Å². The van der Waals surface area contributed by atoms with E-state index in [4.69, 9.17) is 13.3 Å². The molecule has 0 aromatic carbocycles. The van der Waals surface area contributed by atoms with Crippen LogP contribution in [0.4, 0.5) is 0 Å². The lowest BCUT2D eigenvalue weighted by atomic mass is 10.1. The summed E-state index contributed by atoms with van der Waals surface area (Å²) >= 11 is -2.86. The van der Waals surface area contributed by atoms with Crippen molar-refractivity contribution < 1.29 is 13.3 Å². The van der Waals surface area contributed by atoms with Gasteiger partial charge in [0.05, 0.1) is 11.4 Å². The highest BCUT2D eigenvalue weighted by Gasteiger charge is 2.41. The molecule has 62 valence electrons. The Balaban J connectivity index is 0.000000180. The van der Waals surface area contributed by atoms with Gasteiger partial charge in [-0.1, -0.05) is 20.8 Å². The summed E-state index contributed by atoms with van der Waals surface area (Å²) in [5, 5.41) is 0. The van der Waals surface area contributed by atoms with Crippen LogP contribution in [0.2, 0.25) is 0 Å². The van der Waals surface area contributed by atoms with E-state index in [1.54, 1.807) is 0 Å². The minimum absolute atomic E-state index is 0.708. The summed E-state index contributed by atoms with van der Waals surface area (Å²) < 4.78 is 24.1. The molecule has 0 heterocycles. The topological polar surface area (TPSA) is 60.4 Å². The zero-order valence-corrected chi connectivity index (χ0v) is 7.27. The van der Waals surface area contributed by atoms with Gasteiger partial charge in [-0.2, -0.15) is 0 Å². The summed E-state index contributed by atoms with van der Waals surface area (Å²) in [5.41, 5.74) is 0.708. The van der Waals surface area contributed by atoms with Crippen molar-refractivity contribution in [1.82, 2.24) is 0 Å². The van der Waals surface area contributed by atoms with Crippen LogP contribution in [0, 0.1) is 11.3 Å². The summed E-state index contributed by atoms with van der Waals surface area (Å²) in [7, 11) is 0. The first-order valence-corrected chi connectivity index (χ1v) is 4.18. The van der Waals surface area contributed by atoms with Crippen LogP contribution >= 0.6 is 0 Å². The van der Waals surface area contributed by atoms with Crippen molar-refractivity contribution in [3.63, 3.8) is 0 Å². The van der Waals surface area contributed by atoms with Gasteiger partial charge in [-0.3, -0.25) is 0 Å². The summed E-state index contributed by atoms with van der Waals surface area (Å²) in [4.78, 5) is 0. The zero-order valence-electron chi connectivity index (χ0n) is 6.46. The molecule has 2 unspecified atom stereocenters. The molecule has 2 atom stereocenters. The number of hydrogen-bond donors (Lipinski definition) is 1. The summed E-state index contributed by atoms with van der Waals surface area (Å²) in [6.07, 6.45) is 1.44. The second-order valence-corrected chi connectivity index (χ2v) is 3.75. The van der Waals surface area contributed by atoms with Crippen LogP contribution in [0.3, 0.4) is 0 Å². The minimum atomic E-state index is -2.86. The monoisotopic (exact) mass is 165 g/mol. The summed E-state index contributed by atoms with van der Waals surface area (Å²) in [6, 6.07) is 0. The van der Waals surface area contributed by atoms with Gasteiger partial charge in [0.15, 0.2) is 0 Å². The molecule has 1 fully saturated rings. The maximum Gasteiger partial charge on any atom is 0.0814 e. The average molecular weight is 165 g/mol. The Hall–Kier alpha value is 0.0700. The average Bonchev–Trinajstić information content (AvgIpc) is 2.08. The molecule has 0 bridgehead atoms. The second-order valence-electron chi connectivity index (χ2n) is 3.31. The van der Waals surface area contributed by atoms with Crippen LogP contribution in [0.1, 0.15) is 27.2 Å². The van der Waals surface area contributed by atoms with Gasteiger partial charge in [0, 0.05) is 0 Å². The van der Waals surface area contributed by atoms with Gasteiger partial charge in [0.2, 0.25) is 0 Å². The quantitative estimate of drug-likeness (QED) is 0.552. The van der Waals surface area contributed by atoms with Crippen molar-refractivity contribution in [2.45, 2.75) is 27.2 Å². The summed E-state index contributed by atoms with van der Waals surface area (Å²) in [6.45, 7) is 6.94. The van der Waals surface area contributed by atoms with Crippen LogP contribution in [-0.2, 0) is 11.4 Å². The van der Waals surface area contributed by atoms with E-state index >= 15 is 0 Å². The first kappa shape index (κ1) is 10.1. The third-order valence-electron chi connectivity index (χ3n) is 2.01. The van der Waals surface area contributed by atoms with Gasteiger partial charge in [-0.25, -0.2) is 4.21 Å². The molecule has 0 radical (unpaired) electrons. The molecule has 1 rings (SSSR count). The Morgan fingerprint density at radius 2 is 1.80 bits per heavy atom. The molecule has 0 aromatic rings. The molecule has 1 saturated carbocycles. The first-order chi connectivity index (χ1) is 4.36. The van der Waals surface area contributed by atoms with Crippen molar-refractivity contribution in [3.05, 3.63) is 0 Å². The molecule has 0 aromatic heterocycles. The van der Waals surface area contributed by atoms with Gasteiger partial charge in [0.25, 0.3) is 0 Å². The highest BCUT2D eigenvalue weighted by molar-refractivity contribution is 7.73. The predicted molar refractivity (Wildman–Crippen MR) is 39.1 cm³/mol. The highest BCUT2D eigenvalue weighted by Crippen LogP contribution is 2.50. The van der Waals surface area contributed by atoms with Gasteiger partial charge in [-0.05, 0) is 17.8 Å². The van der Waals surface area contributed by atoms with E-state index in [1.165, 1.54) is 6.42 Å². The third kappa shape index (κ3) is 4.90. The Morgan fingerprint density at radius 3 is 1.80 bits per heavy atom. The molecule has 0 spiro atoms. The van der Waals surface area contributed by atoms with E-state index in [2.05, 4.69) is 20.8 Å². The fourth-order valence-electron chi connectivity index (χ4n) is 0.730. The SMILES string of the molecule is CC1CC1(C)C.O=S([O-])O. The molecular weight excluding hydrogens is 152 g/mol. The lowest BCUT2D eigenvalue weighted by Gasteiger charge is -1.91. The molecule has 1 N–H and O–H groups in total. The largest absolute Gasteiger partial charge is 0.750 e. The van der Waals surface area contributed by atoms with E-state index in [0.29, 0.717) is 5.41 Å². The van der Waals surface area contributed by atoms with Crippen LogP contribution < -0.4 is 0 Å². The van der Waals surface area contributed by atoms with Crippen LogP contribution in [0.15, 0.2) is 0 Å². The third-order valence-corrected chi connectivity index (χ3v) is 2.01. The van der Waals surface area contributed by atoms with E-state index in [-0.39, 0.29) is 0 Å². The Bertz CT molecular complexity index is 129.